The fourth-order valence-corrected chi connectivity index (χ4v) is 1.20. The molecule has 82 valence electrons. The van der Waals surface area contributed by atoms with Crippen molar-refractivity contribution in [3.8, 4) is 0 Å². The molecule has 0 fully saturated rings. The molecule has 4 N–H and O–H groups in total. The number of amides is 1. The number of aromatic amines is 1. The summed E-state index contributed by atoms with van der Waals surface area (Å²) in [6.45, 7) is 6.07. The summed E-state index contributed by atoms with van der Waals surface area (Å²) in [7, 11) is 0. The Balaban J connectivity index is 2.65. The van der Waals surface area contributed by atoms with Crippen LogP contribution in [0.3, 0.4) is 0 Å². The first-order valence-electron chi connectivity index (χ1n) is 4.92. The zero-order valence-electron chi connectivity index (χ0n) is 8.84. The molecule has 0 radical (unpaired) electrons. The quantitative estimate of drug-likeness (QED) is 0.495. The second-order valence-electron chi connectivity index (χ2n) is 3.15. The number of carbonyl (C=O) groups excluding carboxylic acids is 1. The first-order valence-corrected chi connectivity index (χ1v) is 4.92. The molecule has 0 bridgehead atoms. The number of aryl methyl sites for hydroxylation is 1. The van der Waals surface area contributed by atoms with E-state index in [9.17, 15) is 4.79 Å². The molecular formula is C10H16N4O. The first-order chi connectivity index (χ1) is 7.20. The monoisotopic (exact) mass is 208 g/mol. The Morgan fingerprint density at radius 2 is 2.47 bits per heavy atom. The minimum atomic E-state index is -0.245. The second kappa shape index (κ2) is 5.19. The molecule has 0 aliphatic rings. The maximum absolute atomic E-state index is 11.6. The van der Waals surface area contributed by atoms with E-state index < -0.39 is 0 Å². The molecule has 5 nitrogen and oxygen atoms in total. The van der Waals surface area contributed by atoms with E-state index in [1.165, 1.54) is 0 Å². The van der Waals surface area contributed by atoms with E-state index in [-0.39, 0.29) is 11.6 Å². The minimum Gasteiger partial charge on any atom is -0.395 e. The molecule has 1 heterocycles. The van der Waals surface area contributed by atoms with Crippen LogP contribution >= 0.6 is 0 Å². The standard InChI is InChI=1S/C10H16N4O/c1-3-5-6-12-10(15)9-8(11)7(4-2)13-14-9/h3H,1,4-6,11H2,2H3,(H,12,15)(H,13,14). The van der Waals surface area contributed by atoms with Gasteiger partial charge in [-0.3, -0.25) is 9.89 Å². The summed E-state index contributed by atoms with van der Waals surface area (Å²) in [5.74, 6) is -0.245. The topological polar surface area (TPSA) is 83.8 Å². The van der Waals surface area contributed by atoms with E-state index in [1.807, 2.05) is 6.92 Å². The molecule has 0 aliphatic heterocycles. The summed E-state index contributed by atoms with van der Waals surface area (Å²) in [6, 6.07) is 0. The lowest BCUT2D eigenvalue weighted by atomic mass is 10.2. The molecular weight excluding hydrogens is 192 g/mol. The SMILES string of the molecule is C=CCCNC(=O)c1n[nH]c(CC)c1N. The molecule has 0 saturated carbocycles. The van der Waals surface area contributed by atoms with Crippen molar-refractivity contribution in [3.05, 3.63) is 24.0 Å². The predicted octanol–water partition coefficient (Wildman–Crippen LogP) is 0.860. The van der Waals surface area contributed by atoms with Gasteiger partial charge in [0.05, 0.1) is 11.4 Å². The van der Waals surface area contributed by atoms with Gasteiger partial charge in [-0.2, -0.15) is 5.10 Å². The largest absolute Gasteiger partial charge is 0.395 e. The van der Waals surface area contributed by atoms with Crippen molar-refractivity contribution in [2.45, 2.75) is 19.8 Å². The third-order valence-electron chi connectivity index (χ3n) is 2.09. The normalized spacial score (nSPS) is 9.93. The van der Waals surface area contributed by atoms with Gasteiger partial charge in [0.1, 0.15) is 0 Å². The van der Waals surface area contributed by atoms with Gasteiger partial charge in [0.2, 0.25) is 0 Å². The number of nitrogens with two attached hydrogens (primary N) is 1. The molecule has 0 aliphatic carbocycles. The van der Waals surface area contributed by atoms with E-state index in [2.05, 4.69) is 22.1 Å². The Bertz CT molecular complexity index is 356. The molecule has 0 unspecified atom stereocenters. The van der Waals surface area contributed by atoms with Gasteiger partial charge in [-0.25, -0.2) is 0 Å². The van der Waals surface area contributed by atoms with Crippen LogP contribution in [0.25, 0.3) is 0 Å². The van der Waals surface area contributed by atoms with Gasteiger partial charge in [-0.1, -0.05) is 13.0 Å². The van der Waals surface area contributed by atoms with Crippen molar-refractivity contribution >= 4 is 11.6 Å². The van der Waals surface area contributed by atoms with Crippen LogP contribution in [-0.2, 0) is 6.42 Å². The van der Waals surface area contributed by atoms with Gasteiger partial charge in [-0.15, -0.1) is 6.58 Å². The van der Waals surface area contributed by atoms with Crippen LogP contribution in [0.5, 0.6) is 0 Å². The van der Waals surface area contributed by atoms with Crippen LogP contribution in [0, 0.1) is 0 Å². The maximum Gasteiger partial charge on any atom is 0.273 e. The summed E-state index contributed by atoms with van der Waals surface area (Å²) in [5.41, 5.74) is 7.25. The number of nitrogens with one attached hydrogen (secondary N) is 2. The highest BCUT2D eigenvalue weighted by molar-refractivity contribution is 5.97. The Hall–Kier alpha value is -1.78. The summed E-state index contributed by atoms with van der Waals surface area (Å²) in [4.78, 5) is 11.6. The summed E-state index contributed by atoms with van der Waals surface area (Å²) in [6.07, 6.45) is 3.21. The third kappa shape index (κ3) is 2.59. The van der Waals surface area contributed by atoms with Crippen LogP contribution < -0.4 is 11.1 Å². The zero-order valence-corrected chi connectivity index (χ0v) is 8.84. The van der Waals surface area contributed by atoms with Crippen molar-refractivity contribution in [2.75, 3.05) is 12.3 Å². The Labute approximate surface area is 88.7 Å². The number of hydrogen-bond donors (Lipinski definition) is 3. The molecule has 0 aromatic carbocycles. The van der Waals surface area contributed by atoms with E-state index in [0.717, 1.165) is 18.5 Å². The average Bonchev–Trinajstić information content (AvgIpc) is 2.60. The van der Waals surface area contributed by atoms with E-state index in [1.54, 1.807) is 6.08 Å². The molecule has 0 saturated heterocycles. The number of aromatic nitrogens is 2. The van der Waals surface area contributed by atoms with Crippen LogP contribution in [0.4, 0.5) is 5.69 Å². The highest BCUT2D eigenvalue weighted by Gasteiger charge is 2.15. The highest BCUT2D eigenvalue weighted by atomic mass is 16.1. The summed E-state index contributed by atoms with van der Waals surface area (Å²) >= 11 is 0. The second-order valence-corrected chi connectivity index (χ2v) is 3.15. The molecule has 15 heavy (non-hydrogen) atoms. The fourth-order valence-electron chi connectivity index (χ4n) is 1.20. The van der Waals surface area contributed by atoms with Crippen molar-refractivity contribution in [3.63, 3.8) is 0 Å². The number of hydrogen-bond acceptors (Lipinski definition) is 3. The Morgan fingerprint density at radius 3 is 3.00 bits per heavy atom. The zero-order chi connectivity index (χ0) is 11.3. The van der Waals surface area contributed by atoms with Crippen LogP contribution in [0.2, 0.25) is 0 Å². The van der Waals surface area contributed by atoms with Gasteiger partial charge in [0.15, 0.2) is 5.69 Å². The minimum absolute atomic E-state index is 0.245. The van der Waals surface area contributed by atoms with E-state index in [4.69, 9.17) is 5.73 Å². The molecule has 1 aromatic heterocycles. The van der Waals surface area contributed by atoms with Gasteiger partial charge < -0.3 is 11.1 Å². The lowest BCUT2D eigenvalue weighted by molar-refractivity contribution is 0.0950. The molecule has 5 heteroatoms. The lowest BCUT2D eigenvalue weighted by Gasteiger charge is -2.01. The maximum atomic E-state index is 11.6. The molecule has 0 atom stereocenters. The van der Waals surface area contributed by atoms with Crippen LogP contribution in [0.15, 0.2) is 12.7 Å². The number of anilines is 1. The van der Waals surface area contributed by atoms with Crippen molar-refractivity contribution in [1.29, 1.82) is 0 Å². The van der Waals surface area contributed by atoms with Crippen molar-refractivity contribution in [1.82, 2.24) is 15.5 Å². The number of rotatable bonds is 5. The van der Waals surface area contributed by atoms with E-state index >= 15 is 0 Å². The average molecular weight is 208 g/mol. The van der Waals surface area contributed by atoms with Gasteiger partial charge in [0, 0.05) is 6.54 Å². The number of H-pyrrole nitrogens is 1. The molecule has 1 rings (SSSR count). The number of carbonyl (C=O) groups is 1. The van der Waals surface area contributed by atoms with Gasteiger partial charge in [0.25, 0.3) is 5.91 Å². The summed E-state index contributed by atoms with van der Waals surface area (Å²) in [5, 5.41) is 9.32. The van der Waals surface area contributed by atoms with Gasteiger partial charge >= 0.3 is 0 Å². The van der Waals surface area contributed by atoms with Crippen LogP contribution in [-0.4, -0.2) is 22.6 Å². The fraction of sp³-hybridized carbons (Fsp3) is 0.400. The highest BCUT2D eigenvalue weighted by Crippen LogP contribution is 2.13. The predicted molar refractivity (Wildman–Crippen MR) is 59.5 cm³/mol. The summed E-state index contributed by atoms with van der Waals surface area (Å²) < 4.78 is 0. The molecule has 0 spiro atoms. The third-order valence-corrected chi connectivity index (χ3v) is 2.09. The smallest absolute Gasteiger partial charge is 0.273 e. The first kappa shape index (κ1) is 11.3. The van der Waals surface area contributed by atoms with Crippen molar-refractivity contribution < 1.29 is 4.79 Å². The van der Waals surface area contributed by atoms with Crippen molar-refractivity contribution in [2.24, 2.45) is 0 Å². The van der Waals surface area contributed by atoms with E-state index in [0.29, 0.717) is 12.2 Å². The van der Waals surface area contributed by atoms with Crippen LogP contribution in [0.1, 0.15) is 29.5 Å². The number of nitrogens with zero attached hydrogens (tertiary/aromatic N) is 1. The Morgan fingerprint density at radius 1 is 1.73 bits per heavy atom. The molecule has 1 aromatic rings. The number of nitrogen functional groups attached to an aromatic ring is 1. The lowest BCUT2D eigenvalue weighted by Crippen LogP contribution is -2.25. The van der Waals surface area contributed by atoms with Gasteiger partial charge in [-0.05, 0) is 12.8 Å². The molecule has 1 amide bonds. The Kier molecular flexibility index (Phi) is 3.91.